The number of nitrogens with zero attached hydrogens (tertiary/aromatic N) is 3. The molecule has 0 radical (unpaired) electrons. The molecule has 0 amide bonds. The number of thiophene rings is 1. The van der Waals surface area contributed by atoms with E-state index >= 15 is 0 Å². The lowest BCUT2D eigenvalue weighted by Gasteiger charge is -2.14. The third kappa shape index (κ3) is 9.36. The second kappa shape index (κ2) is 14.4. The van der Waals surface area contributed by atoms with Gasteiger partial charge in [-0.1, -0.05) is 55.1 Å². The second-order valence-corrected chi connectivity index (χ2v) is 9.31. The van der Waals surface area contributed by atoms with Crippen LogP contribution < -0.4 is 5.32 Å². The number of benzene rings is 2. The summed E-state index contributed by atoms with van der Waals surface area (Å²) < 4.78 is 0. The predicted octanol–water partition coefficient (Wildman–Crippen LogP) is 6.74. The van der Waals surface area contributed by atoms with Crippen LogP contribution in [-0.4, -0.2) is 26.0 Å². The summed E-state index contributed by atoms with van der Waals surface area (Å²) in [7, 11) is 5.74. The van der Waals surface area contributed by atoms with Crippen LogP contribution in [0.3, 0.4) is 0 Å². The van der Waals surface area contributed by atoms with Gasteiger partial charge in [0.25, 0.3) is 0 Å². The highest BCUT2D eigenvalue weighted by atomic mass is 32.1. The van der Waals surface area contributed by atoms with Gasteiger partial charge in [-0.3, -0.25) is 0 Å². The van der Waals surface area contributed by atoms with Crippen LogP contribution >= 0.6 is 11.3 Å². The highest BCUT2D eigenvalue weighted by molar-refractivity contribution is 7.15. The molecule has 5 heteroatoms. The molecule has 0 bridgehead atoms. The van der Waals surface area contributed by atoms with E-state index in [1.54, 1.807) is 11.3 Å². The van der Waals surface area contributed by atoms with Crippen LogP contribution in [0.2, 0.25) is 0 Å². The van der Waals surface area contributed by atoms with E-state index in [4.69, 9.17) is 10.5 Å². The molecule has 0 spiro atoms. The fourth-order valence-corrected chi connectivity index (χ4v) is 3.67. The van der Waals surface area contributed by atoms with Gasteiger partial charge in [0, 0.05) is 30.9 Å². The second-order valence-electron chi connectivity index (χ2n) is 8.15. The third-order valence-electron chi connectivity index (χ3n) is 4.89. The quantitative estimate of drug-likeness (QED) is 0.405. The molecule has 0 aliphatic heterocycles. The third-order valence-corrected chi connectivity index (χ3v) is 6.04. The van der Waals surface area contributed by atoms with E-state index < -0.39 is 0 Å². The first-order valence-corrected chi connectivity index (χ1v) is 11.7. The lowest BCUT2D eigenvalue weighted by molar-refractivity contribution is 0.479. The summed E-state index contributed by atoms with van der Waals surface area (Å²) in [4.78, 5) is 4.42. The molecule has 34 heavy (non-hydrogen) atoms. The van der Waals surface area contributed by atoms with Crippen LogP contribution in [0, 0.1) is 22.7 Å². The summed E-state index contributed by atoms with van der Waals surface area (Å²) in [6.45, 7) is 11.3. The summed E-state index contributed by atoms with van der Waals surface area (Å²) >= 11 is 1.75. The zero-order chi connectivity index (χ0) is 25.6. The van der Waals surface area contributed by atoms with Gasteiger partial charge in [-0.2, -0.15) is 10.5 Å². The highest BCUT2D eigenvalue weighted by Gasteiger charge is 2.18. The number of allylic oxidation sites excluding steroid dienone is 1. The molecule has 2 aromatic carbocycles. The van der Waals surface area contributed by atoms with Gasteiger partial charge >= 0.3 is 0 Å². The van der Waals surface area contributed by atoms with Gasteiger partial charge in [-0.25, -0.2) is 0 Å². The smallest absolute Gasteiger partial charge is 0.0991 e. The molecule has 0 saturated heterocycles. The van der Waals surface area contributed by atoms with Crippen molar-refractivity contribution in [1.29, 1.82) is 10.5 Å². The van der Waals surface area contributed by atoms with E-state index in [0.717, 1.165) is 23.4 Å². The Bertz CT molecular complexity index is 1130. The summed E-state index contributed by atoms with van der Waals surface area (Å²) in [5.41, 5.74) is 2.53. The first-order valence-electron chi connectivity index (χ1n) is 10.9. The Labute approximate surface area is 209 Å². The lowest BCUT2D eigenvalue weighted by Crippen LogP contribution is -2.20. The number of nitrogens with one attached hydrogen (secondary N) is 1. The number of nitriles is 2. The Morgan fingerprint density at radius 3 is 2.24 bits per heavy atom. The number of hydrogen-bond acceptors (Lipinski definition) is 5. The fraction of sp³-hybridized carbons (Fsp3) is 0.241. The Hall–Kier alpha value is -3.80. The molecule has 1 N–H and O–H groups in total. The maximum atomic E-state index is 8.84. The molecule has 1 heterocycles. The van der Waals surface area contributed by atoms with Crippen LogP contribution in [-0.2, 0) is 11.8 Å². The van der Waals surface area contributed by atoms with Gasteiger partial charge in [-0.05, 0) is 55.7 Å². The predicted molar refractivity (Wildman–Crippen MR) is 145 cm³/mol. The largest absolute Gasteiger partial charge is 0.375 e. The van der Waals surface area contributed by atoms with E-state index in [1.807, 2.05) is 101 Å². The van der Waals surface area contributed by atoms with Crippen LogP contribution in [0.4, 0.5) is 0 Å². The molecule has 0 aliphatic rings. The van der Waals surface area contributed by atoms with Gasteiger partial charge in [-0.15, -0.1) is 17.9 Å². The van der Waals surface area contributed by atoms with Crippen LogP contribution in [0.1, 0.15) is 29.9 Å². The van der Waals surface area contributed by atoms with Crippen molar-refractivity contribution in [3.63, 3.8) is 0 Å². The molecule has 4 nitrogen and oxygen atoms in total. The Kier molecular flexibility index (Phi) is 11.9. The van der Waals surface area contributed by atoms with Gasteiger partial charge < -0.3 is 10.2 Å². The average Bonchev–Trinajstić information content (AvgIpc) is 3.34. The first-order chi connectivity index (χ1) is 16.2. The number of hydrogen-bond donors (Lipinski definition) is 1. The average molecular weight is 471 g/mol. The molecule has 3 aromatic rings. The Morgan fingerprint density at radius 2 is 1.74 bits per heavy atom. The summed E-state index contributed by atoms with van der Waals surface area (Å²) in [6.07, 6.45) is 2.81. The van der Waals surface area contributed by atoms with Crippen LogP contribution in [0.25, 0.3) is 10.4 Å². The summed E-state index contributed by atoms with van der Waals surface area (Å²) in [6, 6.07) is 26.1. The molecule has 176 valence electrons. The van der Waals surface area contributed by atoms with Crippen molar-refractivity contribution in [2.24, 2.45) is 0 Å². The molecular formula is C29H34N4S. The lowest BCUT2D eigenvalue weighted by atomic mass is 9.87. The zero-order valence-electron chi connectivity index (χ0n) is 20.8. The Morgan fingerprint density at radius 1 is 1.06 bits per heavy atom. The molecule has 0 fully saturated rings. The van der Waals surface area contributed by atoms with Gasteiger partial charge in [0.1, 0.15) is 0 Å². The minimum absolute atomic E-state index is 0.360. The van der Waals surface area contributed by atoms with E-state index in [2.05, 4.69) is 42.7 Å². The molecule has 0 aliphatic carbocycles. The fourth-order valence-electron chi connectivity index (χ4n) is 2.67. The van der Waals surface area contributed by atoms with Crippen molar-refractivity contribution in [3.05, 3.63) is 108 Å². The zero-order valence-corrected chi connectivity index (χ0v) is 21.6. The van der Waals surface area contributed by atoms with Gasteiger partial charge in [0.05, 0.1) is 28.9 Å². The number of rotatable bonds is 6. The normalized spacial score (nSPS) is 9.62. The van der Waals surface area contributed by atoms with Crippen molar-refractivity contribution in [3.8, 4) is 22.6 Å². The van der Waals surface area contributed by atoms with Crippen molar-refractivity contribution in [2.45, 2.75) is 25.7 Å². The molecule has 1 aromatic heterocycles. The maximum absolute atomic E-state index is 8.84. The van der Waals surface area contributed by atoms with Gasteiger partial charge in [0.2, 0.25) is 0 Å². The van der Waals surface area contributed by atoms with Crippen molar-refractivity contribution in [2.75, 3.05) is 21.1 Å². The summed E-state index contributed by atoms with van der Waals surface area (Å²) in [5, 5.41) is 20.5. The molecule has 0 unspecified atom stereocenters. The van der Waals surface area contributed by atoms with Crippen LogP contribution in [0.5, 0.6) is 0 Å². The monoisotopic (exact) mass is 470 g/mol. The van der Waals surface area contributed by atoms with Crippen LogP contribution in [0.15, 0.2) is 91.8 Å². The van der Waals surface area contributed by atoms with E-state index in [-0.39, 0.29) is 5.41 Å². The highest BCUT2D eigenvalue weighted by Crippen LogP contribution is 2.29. The maximum Gasteiger partial charge on any atom is 0.0991 e. The van der Waals surface area contributed by atoms with E-state index in [0.29, 0.717) is 5.56 Å². The van der Waals surface area contributed by atoms with Crippen molar-refractivity contribution >= 4 is 11.3 Å². The van der Waals surface area contributed by atoms with E-state index in [1.165, 1.54) is 9.75 Å². The molecule has 3 rings (SSSR count). The first kappa shape index (κ1) is 28.2. The topological polar surface area (TPSA) is 62.9 Å². The minimum atomic E-state index is -0.360. The molecular weight excluding hydrogens is 436 g/mol. The standard InChI is InChI=1S/C14H11NS.C10H11N.C5H12N2/c1-2-4-13-7-8-14(16-13)12-6-3-5-11(9-12)10-15;1-10(2,8-11)9-6-4-3-5-7-9;1-5(6-2)7(3)4/h2-3,5-9H,1,4H2;3-7H,1-2H3;6H,1H2,2-4H3. The van der Waals surface area contributed by atoms with E-state index in [9.17, 15) is 0 Å². The molecule has 0 saturated carbocycles. The van der Waals surface area contributed by atoms with Crippen molar-refractivity contribution < 1.29 is 0 Å². The summed E-state index contributed by atoms with van der Waals surface area (Å²) in [5.74, 6) is 0.931. The SMILES string of the molecule is C=C(NC)N(C)C.C=CCc1ccc(-c2cccc(C#N)c2)s1.CC(C)(C#N)c1ccccc1. The molecule has 0 atom stereocenters. The van der Waals surface area contributed by atoms with Crippen molar-refractivity contribution in [1.82, 2.24) is 10.2 Å². The van der Waals surface area contributed by atoms with Gasteiger partial charge in [0.15, 0.2) is 0 Å². The Balaban J connectivity index is 0.000000280. The minimum Gasteiger partial charge on any atom is -0.375 e.